The van der Waals surface area contributed by atoms with E-state index in [-0.39, 0.29) is 36.9 Å². The van der Waals surface area contributed by atoms with Crippen LogP contribution in [0.2, 0.25) is 0 Å². The number of benzene rings is 3. The first-order valence-electron chi connectivity index (χ1n) is 11.0. The van der Waals surface area contributed by atoms with Gasteiger partial charge in [0.2, 0.25) is 5.91 Å². The lowest BCUT2D eigenvalue weighted by atomic mass is 10.1. The molecule has 4 rings (SSSR count). The first-order valence-corrected chi connectivity index (χ1v) is 11.8. The maximum Gasteiger partial charge on any atom is 0.338 e. The van der Waals surface area contributed by atoms with E-state index in [0.29, 0.717) is 22.8 Å². The Balaban J connectivity index is 1.64. The van der Waals surface area contributed by atoms with Gasteiger partial charge in [-0.15, -0.1) is 0 Å². The standard InChI is InChI=1S/C26H23FN2O5S/c1-2-33-12-13-34-26(32)17-10-11-23-21(14-17)29(25(31)20-8-3-4-9-22(20)35-23)16-24(30)28-19-7-5-6-18(27)15-19/h3-11,14-15H,2,12-13,16H2,1H3,(H,28,30). The third kappa shape index (κ3) is 5.87. The fourth-order valence-corrected chi connectivity index (χ4v) is 4.59. The molecule has 35 heavy (non-hydrogen) atoms. The molecular weight excluding hydrogens is 471 g/mol. The fourth-order valence-electron chi connectivity index (χ4n) is 3.54. The van der Waals surface area contributed by atoms with Gasteiger partial charge in [0.05, 0.1) is 23.4 Å². The van der Waals surface area contributed by atoms with E-state index in [1.807, 2.05) is 19.1 Å². The highest BCUT2D eigenvalue weighted by atomic mass is 32.2. The molecule has 180 valence electrons. The molecule has 0 aromatic heterocycles. The molecule has 0 unspecified atom stereocenters. The van der Waals surface area contributed by atoms with Crippen LogP contribution in [-0.2, 0) is 14.3 Å². The second-order valence-corrected chi connectivity index (χ2v) is 8.65. The van der Waals surface area contributed by atoms with E-state index < -0.39 is 17.7 Å². The van der Waals surface area contributed by atoms with Crippen LogP contribution in [0, 0.1) is 5.82 Å². The van der Waals surface area contributed by atoms with Gasteiger partial charge in [-0.3, -0.25) is 14.5 Å². The minimum absolute atomic E-state index is 0.0998. The Morgan fingerprint density at radius 3 is 2.63 bits per heavy atom. The third-order valence-corrected chi connectivity index (χ3v) is 6.28. The largest absolute Gasteiger partial charge is 0.460 e. The molecule has 0 saturated heterocycles. The topological polar surface area (TPSA) is 84.9 Å². The minimum atomic E-state index is -0.559. The number of carbonyl (C=O) groups excluding carboxylic acids is 3. The number of hydrogen-bond donors (Lipinski definition) is 1. The first-order chi connectivity index (χ1) is 17.0. The number of nitrogens with one attached hydrogen (secondary N) is 1. The van der Waals surface area contributed by atoms with Gasteiger partial charge < -0.3 is 14.8 Å². The summed E-state index contributed by atoms with van der Waals surface area (Å²) in [5.74, 6) is -1.94. The highest BCUT2D eigenvalue weighted by Crippen LogP contribution is 2.41. The van der Waals surface area contributed by atoms with Crippen LogP contribution in [0.3, 0.4) is 0 Å². The quantitative estimate of drug-likeness (QED) is 0.359. The van der Waals surface area contributed by atoms with Crippen LogP contribution < -0.4 is 10.2 Å². The zero-order valence-electron chi connectivity index (χ0n) is 19.0. The zero-order valence-corrected chi connectivity index (χ0v) is 19.8. The molecule has 3 aromatic rings. The van der Waals surface area contributed by atoms with Crippen LogP contribution in [0.15, 0.2) is 76.5 Å². The second-order valence-electron chi connectivity index (χ2n) is 7.56. The van der Waals surface area contributed by atoms with Crippen molar-refractivity contribution in [2.75, 3.05) is 36.6 Å². The Morgan fingerprint density at radius 2 is 1.83 bits per heavy atom. The summed E-state index contributed by atoms with van der Waals surface area (Å²) in [5.41, 5.74) is 1.37. The molecule has 1 aliphatic heterocycles. The number of fused-ring (bicyclic) bond motifs is 2. The van der Waals surface area contributed by atoms with Crippen molar-refractivity contribution in [3.05, 3.63) is 83.7 Å². The van der Waals surface area contributed by atoms with E-state index in [9.17, 15) is 18.8 Å². The summed E-state index contributed by atoms with van der Waals surface area (Å²) in [4.78, 5) is 41.7. The van der Waals surface area contributed by atoms with Crippen molar-refractivity contribution in [1.29, 1.82) is 0 Å². The molecule has 0 spiro atoms. The average Bonchev–Trinajstić information content (AvgIpc) is 2.96. The molecule has 0 bridgehead atoms. The smallest absolute Gasteiger partial charge is 0.338 e. The van der Waals surface area contributed by atoms with Gasteiger partial charge in [0.15, 0.2) is 0 Å². The van der Waals surface area contributed by atoms with E-state index in [1.54, 1.807) is 36.4 Å². The van der Waals surface area contributed by atoms with Gasteiger partial charge in [-0.25, -0.2) is 9.18 Å². The normalized spacial score (nSPS) is 12.4. The highest BCUT2D eigenvalue weighted by molar-refractivity contribution is 7.99. The molecule has 0 fully saturated rings. The molecule has 1 aliphatic rings. The number of amides is 2. The van der Waals surface area contributed by atoms with Crippen molar-refractivity contribution in [1.82, 2.24) is 0 Å². The summed E-state index contributed by atoms with van der Waals surface area (Å²) in [6.07, 6.45) is 0. The van der Waals surface area contributed by atoms with Crippen molar-refractivity contribution >= 4 is 40.9 Å². The Hall–Kier alpha value is -3.69. The molecular formula is C26H23FN2O5S. The summed E-state index contributed by atoms with van der Waals surface area (Å²) >= 11 is 1.37. The molecule has 7 nitrogen and oxygen atoms in total. The van der Waals surface area contributed by atoms with Crippen LogP contribution >= 0.6 is 11.8 Å². The average molecular weight is 495 g/mol. The van der Waals surface area contributed by atoms with Crippen molar-refractivity contribution < 1.29 is 28.2 Å². The van der Waals surface area contributed by atoms with Crippen LogP contribution in [-0.4, -0.2) is 44.1 Å². The van der Waals surface area contributed by atoms with E-state index in [1.165, 1.54) is 34.9 Å². The number of rotatable bonds is 8. The molecule has 3 aromatic carbocycles. The molecule has 1 heterocycles. The lowest BCUT2D eigenvalue weighted by Crippen LogP contribution is -2.38. The lowest BCUT2D eigenvalue weighted by Gasteiger charge is -2.23. The monoisotopic (exact) mass is 494 g/mol. The van der Waals surface area contributed by atoms with E-state index >= 15 is 0 Å². The zero-order chi connectivity index (χ0) is 24.8. The predicted octanol–water partition coefficient (Wildman–Crippen LogP) is 4.77. The maximum absolute atomic E-state index is 13.5. The van der Waals surface area contributed by atoms with Gasteiger partial charge in [-0.1, -0.05) is 30.0 Å². The predicted molar refractivity (Wildman–Crippen MR) is 130 cm³/mol. The molecule has 0 radical (unpaired) electrons. The highest BCUT2D eigenvalue weighted by Gasteiger charge is 2.29. The van der Waals surface area contributed by atoms with Crippen molar-refractivity contribution in [2.24, 2.45) is 0 Å². The minimum Gasteiger partial charge on any atom is -0.460 e. The number of esters is 1. The van der Waals surface area contributed by atoms with Gasteiger partial charge in [-0.05, 0) is 55.5 Å². The van der Waals surface area contributed by atoms with Crippen molar-refractivity contribution in [3.8, 4) is 0 Å². The number of hydrogen-bond acceptors (Lipinski definition) is 6. The van der Waals surface area contributed by atoms with Gasteiger partial charge in [-0.2, -0.15) is 0 Å². The van der Waals surface area contributed by atoms with E-state index in [0.717, 1.165) is 4.90 Å². The van der Waals surface area contributed by atoms with Crippen LogP contribution in [0.5, 0.6) is 0 Å². The number of carbonyl (C=O) groups is 3. The van der Waals surface area contributed by atoms with Gasteiger partial charge in [0.1, 0.15) is 19.0 Å². The van der Waals surface area contributed by atoms with Crippen molar-refractivity contribution in [2.45, 2.75) is 16.7 Å². The molecule has 0 saturated carbocycles. The Bertz CT molecular complexity index is 1270. The van der Waals surface area contributed by atoms with Gasteiger partial charge in [0.25, 0.3) is 5.91 Å². The summed E-state index contributed by atoms with van der Waals surface area (Å²) in [6.45, 7) is 2.41. The lowest BCUT2D eigenvalue weighted by molar-refractivity contribution is -0.114. The first kappa shape index (κ1) is 24.4. The van der Waals surface area contributed by atoms with Crippen molar-refractivity contribution in [3.63, 3.8) is 0 Å². The van der Waals surface area contributed by atoms with Crippen LogP contribution in [0.1, 0.15) is 27.6 Å². The van der Waals surface area contributed by atoms with E-state index in [4.69, 9.17) is 9.47 Å². The molecule has 2 amide bonds. The third-order valence-electron chi connectivity index (χ3n) is 5.14. The fraction of sp³-hybridized carbons (Fsp3) is 0.192. The van der Waals surface area contributed by atoms with E-state index in [2.05, 4.69) is 5.32 Å². The molecule has 0 aliphatic carbocycles. The summed E-state index contributed by atoms with van der Waals surface area (Å²) in [5, 5.41) is 2.62. The Morgan fingerprint density at radius 1 is 1.00 bits per heavy atom. The van der Waals surface area contributed by atoms with Gasteiger partial charge in [0, 0.05) is 22.1 Å². The van der Waals surface area contributed by atoms with Gasteiger partial charge >= 0.3 is 5.97 Å². The Labute approximate surface area is 206 Å². The molecule has 1 N–H and O–H groups in total. The SMILES string of the molecule is CCOCCOC(=O)c1ccc2c(c1)N(CC(=O)Nc1cccc(F)c1)C(=O)c1ccccc1S2. The van der Waals surface area contributed by atoms with Crippen LogP contribution in [0.4, 0.5) is 15.8 Å². The molecule has 0 atom stereocenters. The summed E-state index contributed by atoms with van der Waals surface area (Å²) in [7, 11) is 0. The van der Waals surface area contributed by atoms with Crippen LogP contribution in [0.25, 0.3) is 0 Å². The summed E-state index contributed by atoms with van der Waals surface area (Å²) in [6, 6.07) is 17.5. The summed E-state index contributed by atoms with van der Waals surface area (Å²) < 4.78 is 24.0. The number of ether oxygens (including phenoxy) is 2. The Kier molecular flexibility index (Phi) is 7.79. The number of anilines is 2. The maximum atomic E-state index is 13.5. The number of nitrogens with zero attached hydrogens (tertiary/aromatic N) is 1. The number of halogens is 1. The second kappa shape index (κ2) is 11.2. The molecule has 9 heteroatoms.